The van der Waals surface area contributed by atoms with E-state index < -0.39 is 17.5 Å². The molecule has 2 aromatic rings. The molecule has 1 unspecified atom stereocenters. The van der Waals surface area contributed by atoms with E-state index >= 15 is 0 Å². The maximum absolute atomic E-state index is 13.0. The fourth-order valence-corrected chi connectivity index (χ4v) is 3.41. The standard InChI is InChI=1S/C19H20N4O4/c24-16(22-7-3-4-8-22)11-13-12-27-10-9-23(13)19(26)17-18(25)21-15-6-2-1-5-14(15)20-17/h1-6,13H,7-12H2,(H,21,25). The molecule has 2 aliphatic rings. The van der Waals surface area contributed by atoms with E-state index in [1.807, 2.05) is 12.2 Å². The van der Waals surface area contributed by atoms with Crippen LogP contribution in [0.15, 0.2) is 41.2 Å². The maximum Gasteiger partial charge on any atom is 0.280 e. The van der Waals surface area contributed by atoms with Gasteiger partial charge in [-0.2, -0.15) is 0 Å². The molecule has 0 bridgehead atoms. The van der Waals surface area contributed by atoms with Gasteiger partial charge in [0.2, 0.25) is 5.91 Å². The number of carbonyl (C=O) groups excluding carboxylic acids is 2. The molecular weight excluding hydrogens is 348 g/mol. The van der Waals surface area contributed by atoms with Gasteiger partial charge in [0.15, 0.2) is 5.69 Å². The minimum atomic E-state index is -0.529. The fourth-order valence-electron chi connectivity index (χ4n) is 3.41. The van der Waals surface area contributed by atoms with Gasteiger partial charge in [-0.3, -0.25) is 14.4 Å². The molecule has 27 heavy (non-hydrogen) atoms. The topological polar surface area (TPSA) is 95.6 Å². The Morgan fingerprint density at radius 1 is 1.22 bits per heavy atom. The maximum atomic E-state index is 13.0. The van der Waals surface area contributed by atoms with Gasteiger partial charge in [-0.1, -0.05) is 24.3 Å². The molecule has 8 nitrogen and oxygen atoms in total. The first kappa shape index (κ1) is 17.4. The number of H-pyrrole nitrogens is 1. The first-order valence-electron chi connectivity index (χ1n) is 8.94. The third-order valence-corrected chi connectivity index (χ3v) is 4.87. The molecule has 0 aliphatic carbocycles. The average molecular weight is 368 g/mol. The van der Waals surface area contributed by atoms with Crippen LogP contribution in [0, 0.1) is 0 Å². The van der Waals surface area contributed by atoms with Crippen molar-refractivity contribution in [2.45, 2.75) is 12.5 Å². The van der Waals surface area contributed by atoms with Crippen molar-refractivity contribution in [3.8, 4) is 0 Å². The van der Waals surface area contributed by atoms with Crippen LogP contribution in [0.4, 0.5) is 0 Å². The van der Waals surface area contributed by atoms with Gasteiger partial charge in [0.05, 0.1) is 30.3 Å². The van der Waals surface area contributed by atoms with E-state index in [0.29, 0.717) is 37.3 Å². The minimum Gasteiger partial charge on any atom is -0.377 e. The number of aromatic nitrogens is 2. The number of hydrogen-bond acceptors (Lipinski definition) is 5. The van der Waals surface area contributed by atoms with Gasteiger partial charge in [-0.15, -0.1) is 0 Å². The number of nitrogens with one attached hydrogen (secondary N) is 1. The molecule has 1 atom stereocenters. The van der Waals surface area contributed by atoms with E-state index in [1.165, 1.54) is 4.90 Å². The summed E-state index contributed by atoms with van der Waals surface area (Å²) in [5, 5.41) is 0. The summed E-state index contributed by atoms with van der Waals surface area (Å²) in [4.78, 5) is 48.1. The molecule has 0 saturated carbocycles. The Labute approximate surface area is 155 Å². The van der Waals surface area contributed by atoms with Crippen molar-refractivity contribution in [2.75, 3.05) is 32.8 Å². The summed E-state index contributed by atoms with van der Waals surface area (Å²) < 4.78 is 5.48. The third-order valence-electron chi connectivity index (χ3n) is 4.87. The Hall–Kier alpha value is -3.00. The van der Waals surface area contributed by atoms with Gasteiger partial charge in [0.1, 0.15) is 0 Å². The summed E-state index contributed by atoms with van der Waals surface area (Å²) in [7, 11) is 0. The number of para-hydroxylation sites is 2. The number of morpholine rings is 1. The first-order valence-corrected chi connectivity index (χ1v) is 8.94. The Morgan fingerprint density at radius 2 is 2.00 bits per heavy atom. The summed E-state index contributed by atoms with van der Waals surface area (Å²) in [6.45, 7) is 2.14. The molecule has 1 aromatic heterocycles. The molecule has 1 fully saturated rings. The number of ether oxygens (including phenoxy) is 1. The summed E-state index contributed by atoms with van der Waals surface area (Å²) in [5.74, 6) is -0.503. The average Bonchev–Trinajstić information content (AvgIpc) is 3.22. The SMILES string of the molecule is O=C(CC1COCCN1C(=O)c1nc2ccccc2[nH]c1=O)N1CC=CC1. The Morgan fingerprint density at radius 3 is 2.81 bits per heavy atom. The van der Waals surface area contributed by atoms with Crippen molar-refractivity contribution < 1.29 is 14.3 Å². The minimum absolute atomic E-state index is 0.0336. The van der Waals surface area contributed by atoms with Crippen molar-refractivity contribution >= 4 is 22.8 Å². The second-order valence-corrected chi connectivity index (χ2v) is 6.63. The van der Waals surface area contributed by atoms with Crippen LogP contribution in [0.1, 0.15) is 16.9 Å². The molecule has 1 N–H and O–H groups in total. The van der Waals surface area contributed by atoms with Crippen LogP contribution in [-0.4, -0.2) is 70.5 Å². The van der Waals surface area contributed by atoms with Crippen molar-refractivity contribution in [1.82, 2.24) is 19.8 Å². The number of aromatic amines is 1. The summed E-state index contributed by atoms with van der Waals surface area (Å²) >= 11 is 0. The molecule has 140 valence electrons. The van der Waals surface area contributed by atoms with Gasteiger partial charge >= 0.3 is 0 Å². The van der Waals surface area contributed by atoms with Crippen LogP contribution < -0.4 is 5.56 Å². The molecule has 2 amide bonds. The molecular formula is C19H20N4O4. The lowest BCUT2D eigenvalue weighted by Crippen LogP contribution is -2.51. The zero-order chi connectivity index (χ0) is 18.8. The molecule has 0 radical (unpaired) electrons. The van der Waals surface area contributed by atoms with E-state index in [-0.39, 0.29) is 24.6 Å². The normalized spacial score (nSPS) is 19.6. The summed E-state index contributed by atoms with van der Waals surface area (Å²) in [6.07, 6.45) is 4.05. The van der Waals surface area contributed by atoms with Crippen molar-refractivity contribution in [3.05, 3.63) is 52.5 Å². The lowest BCUT2D eigenvalue weighted by Gasteiger charge is -2.35. The molecule has 1 saturated heterocycles. The number of fused-ring (bicyclic) bond motifs is 1. The van der Waals surface area contributed by atoms with E-state index in [4.69, 9.17) is 4.74 Å². The van der Waals surface area contributed by atoms with Gasteiger partial charge in [-0.25, -0.2) is 4.98 Å². The van der Waals surface area contributed by atoms with Crippen LogP contribution in [0.25, 0.3) is 11.0 Å². The highest BCUT2D eigenvalue weighted by molar-refractivity contribution is 5.94. The van der Waals surface area contributed by atoms with Crippen molar-refractivity contribution in [2.24, 2.45) is 0 Å². The van der Waals surface area contributed by atoms with Gasteiger partial charge in [0, 0.05) is 26.1 Å². The van der Waals surface area contributed by atoms with Crippen LogP contribution in [0.5, 0.6) is 0 Å². The molecule has 4 rings (SSSR count). The Balaban J connectivity index is 1.58. The molecule has 3 heterocycles. The predicted molar refractivity (Wildman–Crippen MR) is 98.3 cm³/mol. The predicted octanol–water partition coefficient (Wildman–Crippen LogP) is 0.553. The highest BCUT2D eigenvalue weighted by Gasteiger charge is 2.33. The van der Waals surface area contributed by atoms with Gasteiger partial charge in [-0.05, 0) is 12.1 Å². The summed E-state index contributed by atoms with van der Waals surface area (Å²) in [6, 6.07) is 6.65. The Kier molecular flexibility index (Phi) is 4.72. The number of nitrogens with zero attached hydrogens (tertiary/aromatic N) is 3. The monoisotopic (exact) mass is 368 g/mol. The molecule has 2 aliphatic heterocycles. The highest BCUT2D eigenvalue weighted by Crippen LogP contribution is 2.16. The molecule has 1 aromatic carbocycles. The Bertz CT molecular complexity index is 960. The van der Waals surface area contributed by atoms with Crippen molar-refractivity contribution in [3.63, 3.8) is 0 Å². The van der Waals surface area contributed by atoms with Gasteiger partial charge < -0.3 is 19.5 Å². The lowest BCUT2D eigenvalue weighted by molar-refractivity contribution is -0.132. The largest absolute Gasteiger partial charge is 0.377 e. The van der Waals surface area contributed by atoms with Crippen LogP contribution >= 0.6 is 0 Å². The van der Waals surface area contributed by atoms with E-state index in [0.717, 1.165) is 0 Å². The summed E-state index contributed by atoms with van der Waals surface area (Å²) in [5.41, 5.74) is 0.439. The number of rotatable bonds is 3. The number of amides is 2. The van der Waals surface area contributed by atoms with Crippen LogP contribution in [-0.2, 0) is 9.53 Å². The van der Waals surface area contributed by atoms with E-state index in [9.17, 15) is 14.4 Å². The second-order valence-electron chi connectivity index (χ2n) is 6.63. The lowest BCUT2D eigenvalue weighted by atomic mass is 10.1. The quantitative estimate of drug-likeness (QED) is 0.799. The van der Waals surface area contributed by atoms with E-state index in [2.05, 4.69) is 9.97 Å². The van der Waals surface area contributed by atoms with Crippen LogP contribution in [0.2, 0.25) is 0 Å². The number of benzene rings is 1. The van der Waals surface area contributed by atoms with Gasteiger partial charge in [0.25, 0.3) is 11.5 Å². The third kappa shape index (κ3) is 3.48. The molecule has 0 spiro atoms. The second kappa shape index (κ2) is 7.32. The highest BCUT2D eigenvalue weighted by atomic mass is 16.5. The smallest absolute Gasteiger partial charge is 0.280 e. The van der Waals surface area contributed by atoms with E-state index in [1.54, 1.807) is 29.2 Å². The zero-order valence-corrected chi connectivity index (χ0v) is 14.8. The number of carbonyl (C=O) groups is 2. The van der Waals surface area contributed by atoms with Crippen molar-refractivity contribution in [1.29, 1.82) is 0 Å². The molecule has 8 heteroatoms. The first-order chi connectivity index (χ1) is 13.1. The fraction of sp³-hybridized carbons (Fsp3) is 0.368. The van der Waals surface area contributed by atoms with Crippen LogP contribution in [0.3, 0.4) is 0 Å². The number of hydrogen-bond donors (Lipinski definition) is 1. The zero-order valence-electron chi connectivity index (χ0n) is 14.8.